The first-order chi connectivity index (χ1) is 18.9. The Balaban J connectivity index is 1.97. The standard InChI is InChI=1S/C29H35F2N3O6/c1-17(2)26-23(13-12-21(35)14-22(36)15-25(37)38)34(20-10-8-19(30)9-11-20)32-28(26)29(39)33(3)16-18-6-5-7-24(40-4)27(18)31/h5-11,17,21-22,35-36H,12-16H2,1-4H3,(H,37,38)/t21-,22-/m1/s1. The summed E-state index contributed by atoms with van der Waals surface area (Å²) in [7, 11) is 2.90. The Bertz CT molecular complexity index is 1330. The second-order valence-corrected chi connectivity index (χ2v) is 10.0. The highest BCUT2D eigenvalue weighted by atomic mass is 19.1. The Labute approximate surface area is 231 Å². The van der Waals surface area contributed by atoms with Gasteiger partial charge in [-0.25, -0.2) is 13.5 Å². The van der Waals surface area contributed by atoms with Gasteiger partial charge in [0, 0.05) is 30.4 Å². The number of carbonyl (C=O) groups is 2. The average Bonchev–Trinajstić information content (AvgIpc) is 3.27. The van der Waals surface area contributed by atoms with Crippen LogP contribution in [0.4, 0.5) is 8.78 Å². The first-order valence-electron chi connectivity index (χ1n) is 12.9. The zero-order chi connectivity index (χ0) is 29.6. The second kappa shape index (κ2) is 13.5. The summed E-state index contributed by atoms with van der Waals surface area (Å²) in [6.45, 7) is 3.74. The van der Waals surface area contributed by atoms with Crippen LogP contribution in [-0.2, 0) is 17.8 Å². The zero-order valence-electron chi connectivity index (χ0n) is 23.0. The summed E-state index contributed by atoms with van der Waals surface area (Å²) in [4.78, 5) is 25.9. The fraction of sp³-hybridized carbons (Fsp3) is 0.414. The van der Waals surface area contributed by atoms with Gasteiger partial charge in [0.1, 0.15) is 5.82 Å². The lowest BCUT2D eigenvalue weighted by Gasteiger charge is -2.19. The molecule has 9 nitrogen and oxygen atoms in total. The van der Waals surface area contributed by atoms with Crippen LogP contribution in [-0.4, -0.2) is 68.2 Å². The summed E-state index contributed by atoms with van der Waals surface area (Å²) >= 11 is 0. The summed E-state index contributed by atoms with van der Waals surface area (Å²) in [6.07, 6.45) is -2.44. The molecule has 2 aromatic carbocycles. The van der Waals surface area contributed by atoms with Gasteiger partial charge in [-0.05, 0) is 55.5 Å². The third-order valence-electron chi connectivity index (χ3n) is 6.56. The van der Waals surface area contributed by atoms with Crippen LogP contribution >= 0.6 is 0 Å². The topological polar surface area (TPSA) is 125 Å². The molecule has 3 aromatic rings. The number of amides is 1. The lowest BCUT2D eigenvalue weighted by atomic mass is 9.95. The van der Waals surface area contributed by atoms with E-state index in [0.29, 0.717) is 16.9 Å². The van der Waals surface area contributed by atoms with Gasteiger partial charge in [0.05, 0.1) is 31.4 Å². The summed E-state index contributed by atoms with van der Waals surface area (Å²) in [5.41, 5.74) is 2.13. The van der Waals surface area contributed by atoms with Crippen molar-refractivity contribution in [1.29, 1.82) is 0 Å². The number of aromatic nitrogens is 2. The Kier molecular flexibility index (Phi) is 10.4. The third-order valence-corrected chi connectivity index (χ3v) is 6.56. The van der Waals surface area contributed by atoms with Crippen LogP contribution in [0.15, 0.2) is 42.5 Å². The quantitative estimate of drug-likeness (QED) is 0.288. The van der Waals surface area contributed by atoms with Gasteiger partial charge in [0.15, 0.2) is 17.3 Å². The molecular weight excluding hydrogens is 524 g/mol. The minimum atomic E-state index is -1.21. The highest BCUT2D eigenvalue weighted by Crippen LogP contribution is 2.30. The van der Waals surface area contributed by atoms with Gasteiger partial charge in [0.2, 0.25) is 0 Å². The molecule has 0 spiro atoms. The van der Waals surface area contributed by atoms with Crippen molar-refractivity contribution < 1.29 is 38.4 Å². The molecule has 11 heteroatoms. The zero-order valence-corrected chi connectivity index (χ0v) is 23.0. The number of rotatable bonds is 13. The molecule has 2 atom stereocenters. The first kappa shape index (κ1) is 30.7. The maximum absolute atomic E-state index is 14.8. The van der Waals surface area contributed by atoms with Crippen molar-refractivity contribution in [3.63, 3.8) is 0 Å². The molecular formula is C29H35F2N3O6. The largest absolute Gasteiger partial charge is 0.494 e. The molecule has 0 fully saturated rings. The number of hydrogen-bond donors (Lipinski definition) is 3. The Morgan fingerprint density at radius 3 is 2.35 bits per heavy atom. The lowest BCUT2D eigenvalue weighted by Crippen LogP contribution is -2.28. The highest BCUT2D eigenvalue weighted by molar-refractivity contribution is 5.94. The van der Waals surface area contributed by atoms with Crippen molar-refractivity contribution in [2.24, 2.45) is 0 Å². The normalized spacial score (nSPS) is 12.8. The summed E-state index contributed by atoms with van der Waals surface area (Å²) in [5.74, 6) is -2.75. The van der Waals surface area contributed by atoms with Gasteiger partial charge in [-0.15, -0.1) is 0 Å². The van der Waals surface area contributed by atoms with Gasteiger partial charge in [-0.1, -0.05) is 26.0 Å². The smallest absolute Gasteiger partial charge is 0.305 e. The molecule has 3 rings (SSSR count). The van der Waals surface area contributed by atoms with Crippen molar-refractivity contribution in [3.8, 4) is 11.4 Å². The Hall–Kier alpha value is -3.83. The molecule has 0 aliphatic rings. The molecule has 0 aliphatic heterocycles. The van der Waals surface area contributed by atoms with Gasteiger partial charge in [-0.3, -0.25) is 9.59 Å². The minimum Gasteiger partial charge on any atom is -0.494 e. The van der Waals surface area contributed by atoms with Crippen LogP contribution in [0.1, 0.15) is 66.3 Å². The van der Waals surface area contributed by atoms with E-state index in [0.717, 1.165) is 0 Å². The summed E-state index contributed by atoms with van der Waals surface area (Å²) < 4.78 is 35.0. The van der Waals surface area contributed by atoms with Gasteiger partial charge < -0.3 is 25.0 Å². The van der Waals surface area contributed by atoms with Crippen LogP contribution in [0.5, 0.6) is 5.75 Å². The molecule has 40 heavy (non-hydrogen) atoms. The van der Waals surface area contributed by atoms with Crippen LogP contribution < -0.4 is 4.74 Å². The van der Waals surface area contributed by atoms with E-state index in [4.69, 9.17) is 9.84 Å². The van der Waals surface area contributed by atoms with Crippen LogP contribution in [0.3, 0.4) is 0 Å². The molecule has 0 unspecified atom stereocenters. The minimum absolute atomic E-state index is 0.0433. The van der Waals surface area contributed by atoms with E-state index in [1.54, 1.807) is 12.1 Å². The van der Waals surface area contributed by atoms with Crippen molar-refractivity contribution in [3.05, 3.63) is 76.6 Å². The van der Waals surface area contributed by atoms with E-state index in [1.807, 2.05) is 13.8 Å². The van der Waals surface area contributed by atoms with Crippen molar-refractivity contribution in [1.82, 2.24) is 14.7 Å². The number of halogens is 2. The maximum atomic E-state index is 14.8. The molecule has 0 bridgehead atoms. The van der Waals surface area contributed by atoms with E-state index in [-0.39, 0.29) is 48.7 Å². The van der Waals surface area contributed by atoms with E-state index in [9.17, 15) is 28.6 Å². The monoisotopic (exact) mass is 559 g/mol. The molecule has 1 aromatic heterocycles. The number of carbonyl (C=O) groups excluding carboxylic acids is 1. The molecule has 0 radical (unpaired) electrons. The average molecular weight is 560 g/mol. The number of aliphatic hydroxyl groups is 2. The summed E-state index contributed by atoms with van der Waals surface area (Å²) in [6, 6.07) is 10.3. The first-order valence-corrected chi connectivity index (χ1v) is 12.9. The van der Waals surface area contributed by atoms with Crippen molar-refractivity contribution >= 4 is 11.9 Å². The molecule has 1 amide bonds. The maximum Gasteiger partial charge on any atom is 0.305 e. The van der Waals surface area contributed by atoms with E-state index in [1.165, 1.54) is 54.1 Å². The van der Waals surface area contributed by atoms with Gasteiger partial charge in [0.25, 0.3) is 5.91 Å². The number of benzene rings is 2. The second-order valence-electron chi connectivity index (χ2n) is 10.0. The van der Waals surface area contributed by atoms with E-state index < -0.39 is 42.1 Å². The van der Waals surface area contributed by atoms with Gasteiger partial charge in [-0.2, -0.15) is 5.10 Å². The Morgan fingerprint density at radius 2 is 1.75 bits per heavy atom. The fourth-order valence-electron chi connectivity index (χ4n) is 4.63. The predicted octanol–water partition coefficient (Wildman–Crippen LogP) is 4.07. The van der Waals surface area contributed by atoms with Crippen molar-refractivity contribution in [2.45, 2.75) is 64.2 Å². The number of nitrogens with zero attached hydrogens (tertiary/aromatic N) is 3. The molecule has 216 valence electrons. The summed E-state index contributed by atoms with van der Waals surface area (Å²) in [5, 5.41) is 33.9. The predicted molar refractivity (Wildman–Crippen MR) is 144 cm³/mol. The van der Waals surface area contributed by atoms with Crippen LogP contribution in [0.2, 0.25) is 0 Å². The van der Waals surface area contributed by atoms with Crippen molar-refractivity contribution in [2.75, 3.05) is 14.2 Å². The number of methoxy groups -OCH3 is 1. The van der Waals surface area contributed by atoms with Crippen LogP contribution in [0, 0.1) is 11.6 Å². The SMILES string of the molecule is COc1cccc(CN(C)C(=O)c2nn(-c3ccc(F)cc3)c(CC[C@@H](O)C[C@@H](O)CC(=O)O)c2C(C)C)c1F. The fourth-order valence-corrected chi connectivity index (χ4v) is 4.63. The Morgan fingerprint density at radius 1 is 1.07 bits per heavy atom. The number of carboxylic acid groups (broad SMARTS) is 1. The highest BCUT2D eigenvalue weighted by Gasteiger charge is 2.29. The number of aliphatic carboxylic acids is 1. The molecule has 1 heterocycles. The molecule has 3 N–H and O–H groups in total. The number of aliphatic hydroxyl groups excluding tert-OH is 2. The lowest BCUT2D eigenvalue weighted by molar-refractivity contribution is -0.139. The number of carboxylic acids is 1. The van der Waals surface area contributed by atoms with E-state index in [2.05, 4.69) is 5.10 Å². The van der Waals surface area contributed by atoms with Crippen LogP contribution in [0.25, 0.3) is 5.69 Å². The third kappa shape index (κ3) is 7.42. The number of ether oxygens (including phenoxy) is 1. The molecule has 0 saturated carbocycles. The van der Waals surface area contributed by atoms with E-state index >= 15 is 0 Å². The molecule has 0 aliphatic carbocycles. The van der Waals surface area contributed by atoms with Gasteiger partial charge >= 0.3 is 5.97 Å². The molecule has 0 saturated heterocycles. The number of hydrogen-bond acceptors (Lipinski definition) is 6.